The van der Waals surface area contributed by atoms with Crippen molar-refractivity contribution < 1.29 is 18.0 Å². The molecular formula is C25H35N3O4S. The highest BCUT2D eigenvalue weighted by molar-refractivity contribution is 7.92. The largest absolute Gasteiger partial charge is 0.354 e. The molecule has 2 rings (SSSR count). The van der Waals surface area contributed by atoms with Crippen molar-refractivity contribution in [2.24, 2.45) is 0 Å². The number of carbonyl (C=O) groups excluding carboxylic acids is 2. The first-order valence-electron chi connectivity index (χ1n) is 11.3. The number of aryl methyl sites for hydroxylation is 2. The second-order valence-corrected chi connectivity index (χ2v) is 10.1. The summed E-state index contributed by atoms with van der Waals surface area (Å²) in [5, 5.41) is 2.83. The van der Waals surface area contributed by atoms with Gasteiger partial charge >= 0.3 is 0 Å². The number of nitrogens with one attached hydrogen (secondary N) is 1. The fraction of sp³-hybridized carbons (Fsp3) is 0.440. The molecule has 1 N–H and O–H groups in total. The van der Waals surface area contributed by atoms with Crippen molar-refractivity contribution in [2.75, 3.05) is 23.7 Å². The van der Waals surface area contributed by atoms with Crippen LogP contribution in [0.15, 0.2) is 48.5 Å². The van der Waals surface area contributed by atoms with Gasteiger partial charge in [0.05, 0.1) is 11.9 Å². The van der Waals surface area contributed by atoms with Gasteiger partial charge in [0.1, 0.15) is 12.6 Å². The number of para-hydroxylation sites is 1. The number of anilines is 1. The van der Waals surface area contributed by atoms with E-state index in [-0.39, 0.29) is 19.0 Å². The Balaban J connectivity index is 2.39. The number of hydrogen-bond acceptors (Lipinski definition) is 4. The maximum absolute atomic E-state index is 13.5. The zero-order chi connectivity index (χ0) is 24.6. The smallest absolute Gasteiger partial charge is 0.244 e. The van der Waals surface area contributed by atoms with Crippen molar-refractivity contribution in [3.8, 4) is 0 Å². The number of carbonyl (C=O) groups is 2. The highest BCUT2D eigenvalue weighted by Crippen LogP contribution is 2.24. The van der Waals surface area contributed by atoms with Gasteiger partial charge in [-0.2, -0.15) is 0 Å². The minimum Gasteiger partial charge on any atom is -0.354 e. The molecule has 0 aliphatic heterocycles. The van der Waals surface area contributed by atoms with E-state index in [0.717, 1.165) is 33.7 Å². The Labute approximate surface area is 197 Å². The van der Waals surface area contributed by atoms with Crippen LogP contribution in [-0.4, -0.2) is 50.5 Å². The van der Waals surface area contributed by atoms with Crippen LogP contribution >= 0.6 is 0 Å². The molecule has 33 heavy (non-hydrogen) atoms. The lowest BCUT2D eigenvalue weighted by atomic mass is 10.1. The second kappa shape index (κ2) is 11.8. The first kappa shape index (κ1) is 26.4. The number of rotatable bonds is 11. The van der Waals surface area contributed by atoms with Crippen molar-refractivity contribution in [1.29, 1.82) is 0 Å². The van der Waals surface area contributed by atoms with Crippen molar-refractivity contribution in [3.05, 3.63) is 65.2 Å². The molecule has 0 saturated heterocycles. The molecule has 180 valence electrons. The zero-order valence-corrected chi connectivity index (χ0v) is 21.0. The summed E-state index contributed by atoms with van der Waals surface area (Å²) in [6.07, 6.45) is 2.49. The molecule has 0 bridgehead atoms. The Morgan fingerprint density at radius 2 is 1.67 bits per heavy atom. The minimum absolute atomic E-state index is 0.201. The lowest BCUT2D eigenvalue weighted by Crippen LogP contribution is -2.51. The summed E-state index contributed by atoms with van der Waals surface area (Å²) in [6.45, 7) is 7.86. The van der Waals surface area contributed by atoms with Gasteiger partial charge in [-0.15, -0.1) is 0 Å². The molecule has 0 aliphatic carbocycles. The van der Waals surface area contributed by atoms with E-state index in [1.54, 1.807) is 19.1 Å². The molecular weight excluding hydrogens is 438 g/mol. The molecule has 0 heterocycles. The Hall–Kier alpha value is -2.87. The van der Waals surface area contributed by atoms with Crippen LogP contribution in [0.25, 0.3) is 0 Å². The highest BCUT2D eigenvalue weighted by Gasteiger charge is 2.30. The SMILES string of the molecule is CCCNC(=O)C(C)N(Cc1ccc(C)cc1)C(=O)CN(c1ccccc1CC)S(C)(=O)=O. The molecule has 2 aromatic rings. The van der Waals surface area contributed by atoms with Gasteiger partial charge in [0.25, 0.3) is 0 Å². The molecule has 8 heteroatoms. The topological polar surface area (TPSA) is 86.8 Å². The third kappa shape index (κ3) is 7.32. The number of benzene rings is 2. The van der Waals surface area contributed by atoms with E-state index in [2.05, 4.69) is 5.32 Å². The maximum atomic E-state index is 13.5. The molecule has 0 fully saturated rings. The monoisotopic (exact) mass is 473 g/mol. The number of nitrogens with zero attached hydrogens (tertiary/aromatic N) is 2. The highest BCUT2D eigenvalue weighted by atomic mass is 32.2. The first-order valence-corrected chi connectivity index (χ1v) is 13.1. The zero-order valence-electron chi connectivity index (χ0n) is 20.2. The molecule has 0 aliphatic rings. The average molecular weight is 474 g/mol. The van der Waals surface area contributed by atoms with Gasteiger partial charge in [-0.25, -0.2) is 8.42 Å². The van der Waals surface area contributed by atoms with Crippen LogP contribution in [0.2, 0.25) is 0 Å². The van der Waals surface area contributed by atoms with Gasteiger partial charge in [-0.3, -0.25) is 13.9 Å². The fourth-order valence-corrected chi connectivity index (χ4v) is 4.40. The van der Waals surface area contributed by atoms with Crippen LogP contribution in [0.1, 0.15) is 43.9 Å². The Morgan fingerprint density at radius 1 is 1.03 bits per heavy atom. The Kier molecular flexibility index (Phi) is 9.46. The van der Waals surface area contributed by atoms with Gasteiger partial charge < -0.3 is 10.2 Å². The number of sulfonamides is 1. The third-order valence-electron chi connectivity index (χ3n) is 5.51. The lowest BCUT2D eigenvalue weighted by Gasteiger charge is -2.32. The van der Waals surface area contributed by atoms with Gasteiger partial charge in [0.15, 0.2) is 0 Å². The van der Waals surface area contributed by atoms with Crippen LogP contribution in [0.4, 0.5) is 5.69 Å². The summed E-state index contributed by atoms with van der Waals surface area (Å²) < 4.78 is 26.5. The van der Waals surface area contributed by atoms with Crippen LogP contribution in [-0.2, 0) is 32.6 Å². The standard InChI is InChI=1S/C25H35N3O4S/c1-6-16-26-25(30)20(4)27(17-21-14-12-19(3)13-15-21)24(29)18-28(33(5,31)32)23-11-9-8-10-22(23)7-2/h8-15,20H,6-7,16-18H2,1-5H3,(H,26,30). The van der Waals surface area contributed by atoms with Gasteiger partial charge in [0, 0.05) is 13.1 Å². The van der Waals surface area contributed by atoms with Crippen LogP contribution in [0, 0.1) is 6.92 Å². The van der Waals surface area contributed by atoms with Gasteiger partial charge in [0.2, 0.25) is 21.8 Å². The average Bonchev–Trinajstić information content (AvgIpc) is 2.79. The van der Waals surface area contributed by atoms with Crippen molar-refractivity contribution in [2.45, 2.75) is 53.1 Å². The molecule has 2 aromatic carbocycles. The van der Waals surface area contributed by atoms with Crippen molar-refractivity contribution in [1.82, 2.24) is 10.2 Å². The summed E-state index contributed by atoms with van der Waals surface area (Å²) >= 11 is 0. The normalized spacial score (nSPS) is 12.2. The van der Waals surface area contributed by atoms with E-state index in [1.807, 2.05) is 57.2 Å². The van der Waals surface area contributed by atoms with Crippen LogP contribution in [0.5, 0.6) is 0 Å². The predicted molar refractivity (Wildman–Crippen MR) is 133 cm³/mol. The third-order valence-corrected chi connectivity index (χ3v) is 6.64. The molecule has 0 aromatic heterocycles. The summed E-state index contributed by atoms with van der Waals surface area (Å²) in [7, 11) is -3.73. The summed E-state index contributed by atoms with van der Waals surface area (Å²) in [5.74, 6) is -0.705. The lowest BCUT2D eigenvalue weighted by molar-refractivity contribution is -0.139. The van der Waals surface area contributed by atoms with E-state index in [4.69, 9.17) is 0 Å². The van der Waals surface area contributed by atoms with E-state index >= 15 is 0 Å². The summed E-state index contributed by atoms with van der Waals surface area (Å²) in [5.41, 5.74) is 3.26. The molecule has 7 nitrogen and oxygen atoms in total. The molecule has 0 radical (unpaired) electrons. The van der Waals surface area contributed by atoms with Crippen LogP contribution < -0.4 is 9.62 Å². The predicted octanol–water partition coefficient (Wildman–Crippen LogP) is 3.27. The molecule has 1 unspecified atom stereocenters. The van der Waals surface area contributed by atoms with Gasteiger partial charge in [-0.1, -0.05) is 61.9 Å². The molecule has 2 amide bonds. The Bertz CT molecular complexity index is 1050. The summed E-state index contributed by atoms with van der Waals surface area (Å²) in [6, 6.07) is 14.1. The minimum atomic E-state index is -3.73. The number of hydrogen-bond donors (Lipinski definition) is 1. The van der Waals surface area contributed by atoms with E-state index < -0.39 is 22.0 Å². The van der Waals surface area contributed by atoms with E-state index in [1.165, 1.54) is 4.90 Å². The summed E-state index contributed by atoms with van der Waals surface area (Å²) in [4.78, 5) is 27.7. The molecule has 1 atom stereocenters. The second-order valence-electron chi connectivity index (χ2n) is 8.23. The van der Waals surface area contributed by atoms with Crippen molar-refractivity contribution >= 4 is 27.5 Å². The first-order chi connectivity index (χ1) is 15.6. The fourth-order valence-electron chi connectivity index (χ4n) is 3.52. The quantitative estimate of drug-likeness (QED) is 0.543. The molecule has 0 saturated carbocycles. The molecule has 0 spiro atoms. The van der Waals surface area contributed by atoms with Crippen molar-refractivity contribution in [3.63, 3.8) is 0 Å². The number of amides is 2. The Morgan fingerprint density at radius 3 is 2.24 bits per heavy atom. The van der Waals surface area contributed by atoms with E-state index in [9.17, 15) is 18.0 Å². The van der Waals surface area contributed by atoms with E-state index in [0.29, 0.717) is 18.7 Å². The van der Waals surface area contributed by atoms with Gasteiger partial charge in [-0.05, 0) is 43.9 Å². The van der Waals surface area contributed by atoms with Crippen LogP contribution in [0.3, 0.4) is 0 Å². The maximum Gasteiger partial charge on any atom is 0.244 e.